The Balaban J connectivity index is 1.66. The number of nitrogens with one attached hydrogen (secondary N) is 2. The SMILES string of the molecule is CCOC(=O)c1c(NC(=O)C(=O)N/N=C/c2cccc([N+](=O)[O-])c2)sc2c1CCC2. The molecule has 1 heterocycles. The highest BCUT2D eigenvalue weighted by molar-refractivity contribution is 7.17. The molecule has 0 aliphatic heterocycles. The lowest BCUT2D eigenvalue weighted by atomic mass is 10.1. The van der Waals surface area contributed by atoms with Gasteiger partial charge >= 0.3 is 17.8 Å². The second-order valence-electron chi connectivity index (χ2n) is 6.29. The standard InChI is InChI=1S/C19H18N4O6S/c1-2-29-19(26)15-13-7-4-8-14(13)30-18(15)21-16(24)17(25)22-20-10-11-5-3-6-12(9-11)23(27)28/h3,5-6,9-10H,2,4,7-8H2,1H3,(H,21,24)(H,22,25)/b20-10+. The van der Waals surface area contributed by atoms with E-state index in [1.54, 1.807) is 13.0 Å². The third kappa shape index (κ3) is 4.69. The Morgan fingerprint density at radius 1 is 1.30 bits per heavy atom. The molecule has 0 fully saturated rings. The Hall–Kier alpha value is -3.60. The van der Waals surface area contributed by atoms with Crippen LogP contribution in [0.15, 0.2) is 29.4 Å². The van der Waals surface area contributed by atoms with Crippen LogP contribution in [0.2, 0.25) is 0 Å². The molecule has 1 aromatic heterocycles. The van der Waals surface area contributed by atoms with Crippen LogP contribution in [-0.2, 0) is 27.2 Å². The highest BCUT2D eigenvalue weighted by Gasteiger charge is 2.29. The molecule has 2 N–H and O–H groups in total. The number of hydrazone groups is 1. The van der Waals surface area contributed by atoms with Gasteiger partial charge in [-0.25, -0.2) is 10.2 Å². The molecule has 1 aromatic carbocycles. The summed E-state index contributed by atoms with van der Waals surface area (Å²) in [5, 5.41) is 17.2. The normalized spacial score (nSPS) is 12.4. The largest absolute Gasteiger partial charge is 0.462 e. The van der Waals surface area contributed by atoms with Gasteiger partial charge in [-0.15, -0.1) is 11.3 Å². The number of non-ortho nitro benzene ring substituents is 1. The number of aryl methyl sites for hydroxylation is 1. The number of fused-ring (bicyclic) bond motifs is 1. The van der Waals surface area contributed by atoms with Crippen molar-refractivity contribution in [3.05, 3.63) is 55.9 Å². The molecule has 0 atom stereocenters. The van der Waals surface area contributed by atoms with E-state index in [9.17, 15) is 24.5 Å². The number of carbonyl (C=O) groups is 3. The van der Waals surface area contributed by atoms with E-state index in [1.165, 1.54) is 35.8 Å². The van der Waals surface area contributed by atoms with E-state index in [0.29, 0.717) is 11.1 Å². The number of benzene rings is 1. The molecule has 156 valence electrons. The molecular weight excluding hydrogens is 412 g/mol. The quantitative estimate of drug-likeness (QED) is 0.237. The minimum atomic E-state index is -1.04. The molecule has 0 spiro atoms. The van der Waals surface area contributed by atoms with E-state index in [-0.39, 0.29) is 17.3 Å². The Bertz CT molecular complexity index is 1050. The third-order valence-corrected chi connectivity index (χ3v) is 5.50. The average molecular weight is 430 g/mol. The average Bonchev–Trinajstić information content (AvgIpc) is 3.28. The number of ether oxygens (including phenoxy) is 1. The first-order valence-corrected chi connectivity index (χ1v) is 9.92. The number of nitro benzene ring substituents is 1. The second-order valence-corrected chi connectivity index (χ2v) is 7.39. The molecule has 0 unspecified atom stereocenters. The van der Waals surface area contributed by atoms with Crippen molar-refractivity contribution >= 4 is 46.0 Å². The van der Waals surface area contributed by atoms with Crippen molar-refractivity contribution in [1.82, 2.24) is 5.43 Å². The van der Waals surface area contributed by atoms with E-state index in [0.717, 1.165) is 29.7 Å². The summed E-state index contributed by atoms with van der Waals surface area (Å²) in [6.45, 7) is 1.89. The maximum absolute atomic E-state index is 12.3. The fourth-order valence-electron chi connectivity index (χ4n) is 3.01. The third-order valence-electron chi connectivity index (χ3n) is 4.29. The molecule has 0 bridgehead atoms. The molecule has 2 aromatic rings. The molecule has 2 amide bonds. The summed E-state index contributed by atoms with van der Waals surface area (Å²) in [6.07, 6.45) is 3.63. The molecule has 30 heavy (non-hydrogen) atoms. The number of nitrogens with zero attached hydrogens (tertiary/aromatic N) is 2. The van der Waals surface area contributed by atoms with Gasteiger partial charge in [0.1, 0.15) is 5.00 Å². The van der Waals surface area contributed by atoms with E-state index in [2.05, 4.69) is 15.8 Å². The first kappa shape index (κ1) is 21.1. The minimum absolute atomic E-state index is 0.125. The maximum Gasteiger partial charge on any atom is 0.341 e. The van der Waals surface area contributed by atoms with Gasteiger partial charge in [0.05, 0.1) is 23.3 Å². The molecule has 10 nitrogen and oxygen atoms in total. The molecule has 0 saturated heterocycles. The molecule has 0 radical (unpaired) electrons. The van der Waals surface area contributed by atoms with Crippen molar-refractivity contribution < 1.29 is 24.0 Å². The van der Waals surface area contributed by atoms with Crippen molar-refractivity contribution in [1.29, 1.82) is 0 Å². The van der Waals surface area contributed by atoms with Crippen LogP contribution in [0.4, 0.5) is 10.7 Å². The van der Waals surface area contributed by atoms with Crippen molar-refractivity contribution in [2.24, 2.45) is 5.10 Å². The number of carbonyl (C=O) groups excluding carboxylic acids is 3. The van der Waals surface area contributed by atoms with Gasteiger partial charge in [0.25, 0.3) is 5.69 Å². The number of rotatable bonds is 6. The Labute approximate surface area is 175 Å². The van der Waals surface area contributed by atoms with Crippen molar-refractivity contribution in [2.45, 2.75) is 26.2 Å². The van der Waals surface area contributed by atoms with Crippen molar-refractivity contribution in [2.75, 3.05) is 11.9 Å². The monoisotopic (exact) mass is 430 g/mol. The summed E-state index contributed by atoms with van der Waals surface area (Å²) >= 11 is 1.26. The molecular formula is C19H18N4O6S. The number of thiophene rings is 1. The molecule has 11 heteroatoms. The Kier molecular flexibility index (Phi) is 6.52. The predicted molar refractivity (Wildman–Crippen MR) is 110 cm³/mol. The van der Waals surface area contributed by atoms with Gasteiger partial charge in [-0.1, -0.05) is 12.1 Å². The number of esters is 1. The van der Waals surface area contributed by atoms with Crippen LogP contribution in [0.25, 0.3) is 0 Å². The topological polar surface area (TPSA) is 140 Å². The number of nitro groups is 1. The summed E-state index contributed by atoms with van der Waals surface area (Å²) in [4.78, 5) is 47.8. The lowest BCUT2D eigenvalue weighted by Gasteiger charge is -2.07. The highest BCUT2D eigenvalue weighted by atomic mass is 32.1. The van der Waals surface area contributed by atoms with Gasteiger partial charge in [0.15, 0.2) is 0 Å². The fraction of sp³-hybridized carbons (Fsp3) is 0.263. The fourth-order valence-corrected chi connectivity index (χ4v) is 4.28. The summed E-state index contributed by atoms with van der Waals surface area (Å²) in [6, 6.07) is 5.62. The Morgan fingerprint density at radius 3 is 2.83 bits per heavy atom. The van der Waals surface area contributed by atoms with Crippen LogP contribution in [-0.4, -0.2) is 35.5 Å². The maximum atomic E-state index is 12.3. The van der Waals surface area contributed by atoms with Crippen LogP contribution < -0.4 is 10.7 Å². The first-order valence-electron chi connectivity index (χ1n) is 9.11. The van der Waals surface area contributed by atoms with Gasteiger partial charge in [-0.3, -0.25) is 19.7 Å². The first-order chi connectivity index (χ1) is 14.4. The van der Waals surface area contributed by atoms with Gasteiger partial charge in [0.2, 0.25) is 0 Å². The highest BCUT2D eigenvalue weighted by Crippen LogP contribution is 2.39. The van der Waals surface area contributed by atoms with Crippen LogP contribution in [0.1, 0.15) is 39.7 Å². The van der Waals surface area contributed by atoms with Crippen LogP contribution in [0, 0.1) is 10.1 Å². The van der Waals surface area contributed by atoms with E-state index >= 15 is 0 Å². The van der Waals surface area contributed by atoms with E-state index in [4.69, 9.17) is 4.74 Å². The number of anilines is 1. The second kappa shape index (κ2) is 9.27. The molecule has 0 saturated carbocycles. The van der Waals surface area contributed by atoms with E-state index < -0.39 is 22.7 Å². The summed E-state index contributed by atoms with van der Waals surface area (Å²) in [5.41, 5.74) is 3.47. The summed E-state index contributed by atoms with van der Waals surface area (Å²) in [5.74, 6) is -2.56. The molecule has 1 aliphatic carbocycles. The lowest BCUT2D eigenvalue weighted by molar-refractivity contribution is -0.384. The van der Waals surface area contributed by atoms with Crippen LogP contribution in [0.5, 0.6) is 0 Å². The minimum Gasteiger partial charge on any atom is -0.462 e. The van der Waals surface area contributed by atoms with Crippen molar-refractivity contribution in [3.8, 4) is 0 Å². The molecule has 3 rings (SSSR count). The zero-order valence-electron chi connectivity index (χ0n) is 16.0. The number of amides is 2. The number of hydrogen-bond acceptors (Lipinski definition) is 8. The van der Waals surface area contributed by atoms with Gasteiger partial charge in [-0.05, 0) is 31.7 Å². The Morgan fingerprint density at radius 2 is 2.10 bits per heavy atom. The van der Waals surface area contributed by atoms with Gasteiger partial charge < -0.3 is 10.1 Å². The summed E-state index contributed by atoms with van der Waals surface area (Å²) < 4.78 is 5.08. The van der Waals surface area contributed by atoms with Crippen LogP contribution >= 0.6 is 11.3 Å². The van der Waals surface area contributed by atoms with Crippen molar-refractivity contribution in [3.63, 3.8) is 0 Å². The lowest BCUT2D eigenvalue weighted by Crippen LogP contribution is -2.32. The number of hydrogen-bond donors (Lipinski definition) is 2. The van der Waals surface area contributed by atoms with Gasteiger partial charge in [0, 0.05) is 22.6 Å². The van der Waals surface area contributed by atoms with E-state index in [1.807, 2.05) is 0 Å². The smallest absolute Gasteiger partial charge is 0.341 e. The zero-order chi connectivity index (χ0) is 21.7. The van der Waals surface area contributed by atoms with Crippen LogP contribution in [0.3, 0.4) is 0 Å². The molecule has 1 aliphatic rings. The summed E-state index contributed by atoms with van der Waals surface area (Å²) in [7, 11) is 0. The predicted octanol–water partition coefficient (Wildman–Crippen LogP) is 2.41. The zero-order valence-corrected chi connectivity index (χ0v) is 16.8. The van der Waals surface area contributed by atoms with Gasteiger partial charge in [-0.2, -0.15) is 5.10 Å².